The first-order valence-electron chi connectivity index (χ1n) is 7.82. The van der Waals surface area contributed by atoms with E-state index in [0.29, 0.717) is 0 Å². The second kappa shape index (κ2) is 7.46. The van der Waals surface area contributed by atoms with Crippen molar-refractivity contribution < 1.29 is 0 Å². The third-order valence-electron chi connectivity index (χ3n) is 4.64. The van der Waals surface area contributed by atoms with Crippen molar-refractivity contribution in [3.63, 3.8) is 0 Å². The highest BCUT2D eigenvalue weighted by molar-refractivity contribution is 4.76. The quantitative estimate of drug-likeness (QED) is 0.804. The predicted octanol–water partition coefficient (Wildman–Crippen LogP) is 1.65. The van der Waals surface area contributed by atoms with Crippen LogP contribution in [0.25, 0.3) is 0 Å². The maximum Gasteiger partial charge on any atom is 0.000451 e. The summed E-state index contributed by atoms with van der Waals surface area (Å²) in [5.74, 6) is 1.93. The lowest BCUT2D eigenvalue weighted by Gasteiger charge is -2.34. The van der Waals surface area contributed by atoms with Crippen LogP contribution in [0, 0.1) is 11.8 Å². The minimum Gasteiger partial charge on any atom is -0.317 e. The molecule has 2 heterocycles. The highest BCUT2D eigenvalue weighted by atomic mass is 15.1. The van der Waals surface area contributed by atoms with Crippen LogP contribution in [0.15, 0.2) is 0 Å². The molecular weight excluding hydrogens is 222 g/mol. The molecule has 0 aliphatic carbocycles. The summed E-state index contributed by atoms with van der Waals surface area (Å²) in [5, 5.41) is 3.46. The Kier molecular flexibility index (Phi) is 5.93. The van der Waals surface area contributed by atoms with Gasteiger partial charge in [-0.3, -0.25) is 0 Å². The van der Waals surface area contributed by atoms with E-state index in [1.807, 2.05) is 0 Å². The number of piperidine rings is 2. The summed E-state index contributed by atoms with van der Waals surface area (Å²) in [4.78, 5) is 5.05. The fourth-order valence-electron chi connectivity index (χ4n) is 3.44. The topological polar surface area (TPSA) is 18.5 Å². The van der Waals surface area contributed by atoms with Crippen molar-refractivity contribution in [3.8, 4) is 0 Å². The average molecular weight is 253 g/mol. The molecule has 0 radical (unpaired) electrons. The van der Waals surface area contributed by atoms with Crippen LogP contribution in [0.5, 0.6) is 0 Å². The summed E-state index contributed by atoms with van der Waals surface area (Å²) in [5.41, 5.74) is 0. The molecule has 2 saturated heterocycles. The third kappa shape index (κ3) is 4.87. The number of hydrogen-bond acceptors (Lipinski definition) is 3. The van der Waals surface area contributed by atoms with Crippen molar-refractivity contribution in [3.05, 3.63) is 0 Å². The summed E-state index contributed by atoms with van der Waals surface area (Å²) in [6.45, 7) is 7.79. The molecule has 0 aromatic heterocycles. The first kappa shape index (κ1) is 14.3. The molecule has 3 heteroatoms. The molecule has 0 bridgehead atoms. The maximum absolute atomic E-state index is 3.46. The Morgan fingerprint density at radius 1 is 1.00 bits per heavy atom. The Balaban J connectivity index is 1.58. The summed E-state index contributed by atoms with van der Waals surface area (Å²) < 4.78 is 0. The minimum atomic E-state index is 0.940. The van der Waals surface area contributed by atoms with Gasteiger partial charge in [0.15, 0.2) is 0 Å². The van der Waals surface area contributed by atoms with Crippen LogP contribution in [0.1, 0.15) is 32.1 Å². The molecular formula is C15H31N3. The maximum atomic E-state index is 3.46. The lowest BCUT2D eigenvalue weighted by atomic mass is 9.93. The zero-order valence-corrected chi connectivity index (χ0v) is 12.3. The van der Waals surface area contributed by atoms with Gasteiger partial charge in [-0.1, -0.05) is 0 Å². The van der Waals surface area contributed by atoms with Crippen molar-refractivity contribution in [1.29, 1.82) is 0 Å². The first-order chi connectivity index (χ1) is 8.74. The number of nitrogens with zero attached hydrogens (tertiary/aromatic N) is 2. The van der Waals surface area contributed by atoms with Gasteiger partial charge in [0.25, 0.3) is 0 Å². The van der Waals surface area contributed by atoms with Gasteiger partial charge in [0.2, 0.25) is 0 Å². The van der Waals surface area contributed by atoms with Gasteiger partial charge in [-0.25, -0.2) is 0 Å². The largest absolute Gasteiger partial charge is 0.317 e. The smallest absolute Gasteiger partial charge is 0.000451 e. The van der Waals surface area contributed by atoms with E-state index in [2.05, 4.69) is 29.2 Å². The Morgan fingerprint density at radius 3 is 2.28 bits per heavy atom. The average Bonchev–Trinajstić information content (AvgIpc) is 2.38. The Bertz CT molecular complexity index is 216. The summed E-state index contributed by atoms with van der Waals surface area (Å²) in [6.07, 6.45) is 7.04. The van der Waals surface area contributed by atoms with Gasteiger partial charge in [-0.05, 0) is 90.8 Å². The van der Waals surface area contributed by atoms with Gasteiger partial charge >= 0.3 is 0 Å². The summed E-state index contributed by atoms with van der Waals surface area (Å²) >= 11 is 0. The van der Waals surface area contributed by atoms with E-state index in [-0.39, 0.29) is 0 Å². The van der Waals surface area contributed by atoms with Crippen LogP contribution in [0.4, 0.5) is 0 Å². The molecule has 0 saturated carbocycles. The van der Waals surface area contributed by atoms with Crippen molar-refractivity contribution in [2.45, 2.75) is 32.1 Å². The van der Waals surface area contributed by atoms with Crippen LogP contribution in [-0.2, 0) is 0 Å². The van der Waals surface area contributed by atoms with Crippen LogP contribution in [-0.4, -0.2) is 63.2 Å². The van der Waals surface area contributed by atoms with Crippen molar-refractivity contribution >= 4 is 0 Å². The highest BCUT2D eigenvalue weighted by Crippen LogP contribution is 2.21. The lowest BCUT2D eigenvalue weighted by molar-refractivity contribution is 0.151. The molecule has 2 rings (SSSR count). The molecule has 106 valence electrons. The predicted molar refractivity (Wildman–Crippen MR) is 77.9 cm³/mol. The van der Waals surface area contributed by atoms with Gasteiger partial charge in [0.1, 0.15) is 0 Å². The zero-order valence-electron chi connectivity index (χ0n) is 12.3. The lowest BCUT2D eigenvalue weighted by Crippen LogP contribution is -2.38. The second-order valence-electron chi connectivity index (χ2n) is 6.53. The van der Waals surface area contributed by atoms with Crippen molar-refractivity contribution in [2.75, 3.05) is 53.4 Å². The minimum absolute atomic E-state index is 0.940. The number of rotatable bonds is 5. The van der Waals surface area contributed by atoms with Crippen LogP contribution in [0.2, 0.25) is 0 Å². The zero-order chi connectivity index (χ0) is 12.8. The van der Waals surface area contributed by atoms with Gasteiger partial charge in [0.05, 0.1) is 0 Å². The Hall–Kier alpha value is -0.120. The molecule has 3 nitrogen and oxygen atoms in total. The monoisotopic (exact) mass is 253 g/mol. The molecule has 18 heavy (non-hydrogen) atoms. The molecule has 0 aromatic carbocycles. The molecule has 0 atom stereocenters. The summed E-state index contributed by atoms with van der Waals surface area (Å²) in [7, 11) is 4.40. The van der Waals surface area contributed by atoms with Crippen molar-refractivity contribution in [1.82, 2.24) is 15.1 Å². The third-order valence-corrected chi connectivity index (χ3v) is 4.64. The van der Waals surface area contributed by atoms with Gasteiger partial charge in [0, 0.05) is 6.54 Å². The molecule has 1 N–H and O–H groups in total. The Labute approximate surface area is 113 Å². The first-order valence-corrected chi connectivity index (χ1v) is 7.82. The molecule has 0 spiro atoms. The van der Waals surface area contributed by atoms with E-state index in [0.717, 1.165) is 11.8 Å². The number of nitrogens with one attached hydrogen (secondary N) is 1. The SMILES string of the molecule is CN(C)CC1CCN(CCC2CCNCC2)CC1. The molecule has 2 aliphatic rings. The standard InChI is InChI=1S/C15H31N3/c1-17(2)13-15-6-11-18(12-7-15)10-5-14-3-8-16-9-4-14/h14-16H,3-13H2,1-2H3. The molecule has 0 aromatic rings. The van der Waals surface area contributed by atoms with Gasteiger partial charge in [-0.2, -0.15) is 0 Å². The number of likely N-dealkylation sites (tertiary alicyclic amines) is 1. The highest BCUT2D eigenvalue weighted by Gasteiger charge is 2.20. The fraction of sp³-hybridized carbons (Fsp3) is 1.00. The van der Waals surface area contributed by atoms with E-state index in [9.17, 15) is 0 Å². The van der Waals surface area contributed by atoms with E-state index in [4.69, 9.17) is 0 Å². The van der Waals surface area contributed by atoms with Crippen LogP contribution in [0.3, 0.4) is 0 Å². The van der Waals surface area contributed by atoms with Gasteiger partial charge < -0.3 is 15.1 Å². The van der Waals surface area contributed by atoms with Gasteiger partial charge in [-0.15, -0.1) is 0 Å². The second-order valence-corrected chi connectivity index (χ2v) is 6.53. The van der Waals surface area contributed by atoms with Crippen molar-refractivity contribution in [2.24, 2.45) is 11.8 Å². The normalized spacial score (nSPS) is 24.8. The number of hydrogen-bond donors (Lipinski definition) is 1. The van der Waals surface area contributed by atoms with E-state index >= 15 is 0 Å². The Morgan fingerprint density at radius 2 is 1.67 bits per heavy atom. The van der Waals surface area contributed by atoms with Crippen LogP contribution < -0.4 is 5.32 Å². The molecule has 0 unspecified atom stereocenters. The molecule has 0 amide bonds. The van der Waals surface area contributed by atoms with E-state index in [1.54, 1.807) is 0 Å². The molecule has 2 fully saturated rings. The van der Waals surface area contributed by atoms with E-state index in [1.165, 1.54) is 71.4 Å². The summed E-state index contributed by atoms with van der Waals surface area (Å²) in [6, 6.07) is 0. The fourth-order valence-corrected chi connectivity index (χ4v) is 3.44. The van der Waals surface area contributed by atoms with Crippen LogP contribution >= 0.6 is 0 Å². The molecule has 2 aliphatic heterocycles. The van der Waals surface area contributed by atoms with E-state index < -0.39 is 0 Å².